The first kappa shape index (κ1) is 15.6. The van der Waals surface area contributed by atoms with Gasteiger partial charge in [-0.3, -0.25) is 9.78 Å². The molecule has 126 valence electrons. The molecule has 2 aromatic rings. The standard InChI is InChI=1S/C20H24N2O2/c1-12-8-13(2)19-16(9-12)17(10-18(21-19)14-5-6-14)20(24)22-7-3-4-15(22)11-23/h8-10,14-15,23H,3-7,11H2,1-2H3/t15-/m1/s1. The molecular formula is C20H24N2O2. The fourth-order valence-electron chi connectivity index (χ4n) is 3.91. The molecule has 1 aliphatic heterocycles. The lowest BCUT2D eigenvalue weighted by Gasteiger charge is -2.24. The number of aliphatic hydroxyl groups excluding tert-OH is 1. The maximum atomic E-state index is 13.2. The Morgan fingerprint density at radius 3 is 2.75 bits per heavy atom. The van der Waals surface area contributed by atoms with Crippen molar-refractivity contribution in [3.8, 4) is 0 Å². The van der Waals surface area contributed by atoms with Gasteiger partial charge in [-0.1, -0.05) is 11.6 Å². The predicted octanol–water partition coefficient (Wildman–Crippen LogP) is 3.33. The van der Waals surface area contributed by atoms with Crippen LogP contribution >= 0.6 is 0 Å². The van der Waals surface area contributed by atoms with Crippen molar-refractivity contribution in [2.24, 2.45) is 0 Å². The van der Waals surface area contributed by atoms with E-state index in [1.54, 1.807) is 0 Å². The van der Waals surface area contributed by atoms with Gasteiger partial charge in [-0.05, 0) is 57.2 Å². The minimum atomic E-state index is -0.0454. The number of pyridine rings is 1. The lowest BCUT2D eigenvalue weighted by molar-refractivity contribution is 0.0679. The van der Waals surface area contributed by atoms with Gasteiger partial charge in [0.2, 0.25) is 0 Å². The molecule has 4 rings (SSSR count). The normalized spacial score (nSPS) is 20.8. The second-order valence-corrected chi connectivity index (χ2v) is 7.32. The maximum Gasteiger partial charge on any atom is 0.254 e. The molecule has 2 heterocycles. The van der Waals surface area contributed by atoms with Crippen molar-refractivity contribution in [2.45, 2.75) is 51.5 Å². The lowest BCUT2D eigenvalue weighted by Crippen LogP contribution is -2.37. The zero-order valence-corrected chi connectivity index (χ0v) is 14.4. The summed E-state index contributed by atoms with van der Waals surface area (Å²) >= 11 is 0. The number of carbonyl (C=O) groups excluding carboxylic acids is 1. The molecular weight excluding hydrogens is 300 g/mol. The molecule has 1 aromatic heterocycles. The summed E-state index contributed by atoms with van der Waals surface area (Å²) in [6.07, 6.45) is 4.19. The Hall–Kier alpha value is -1.94. The number of hydrogen-bond donors (Lipinski definition) is 1. The molecule has 1 amide bonds. The third-order valence-electron chi connectivity index (χ3n) is 5.34. The summed E-state index contributed by atoms with van der Waals surface area (Å²) in [5.41, 5.74) is 5.04. The maximum absolute atomic E-state index is 13.2. The summed E-state index contributed by atoms with van der Waals surface area (Å²) in [5, 5.41) is 10.5. The molecule has 1 saturated carbocycles. The molecule has 0 bridgehead atoms. The highest BCUT2D eigenvalue weighted by molar-refractivity contribution is 6.07. The average Bonchev–Trinajstić information content (AvgIpc) is 3.30. The monoisotopic (exact) mass is 324 g/mol. The topological polar surface area (TPSA) is 53.4 Å². The number of likely N-dealkylation sites (tertiary alicyclic amines) is 1. The van der Waals surface area contributed by atoms with Crippen LogP contribution in [0.3, 0.4) is 0 Å². The summed E-state index contributed by atoms with van der Waals surface area (Å²) < 4.78 is 0. The molecule has 2 aliphatic rings. The van der Waals surface area contributed by atoms with Crippen LogP contribution in [0.15, 0.2) is 18.2 Å². The summed E-state index contributed by atoms with van der Waals surface area (Å²) in [6.45, 7) is 4.90. The van der Waals surface area contributed by atoms with Crippen LogP contribution in [0.25, 0.3) is 10.9 Å². The van der Waals surface area contributed by atoms with Crippen LogP contribution in [0.5, 0.6) is 0 Å². The number of aliphatic hydroxyl groups is 1. The number of carbonyl (C=O) groups is 1. The lowest BCUT2D eigenvalue weighted by atomic mass is 9.99. The number of amides is 1. The molecule has 1 aliphatic carbocycles. The first-order valence-electron chi connectivity index (χ1n) is 8.92. The Bertz CT molecular complexity index is 811. The highest BCUT2D eigenvalue weighted by Crippen LogP contribution is 2.41. The van der Waals surface area contributed by atoms with Crippen LogP contribution in [0.2, 0.25) is 0 Å². The summed E-state index contributed by atoms with van der Waals surface area (Å²) in [6, 6.07) is 6.17. The van der Waals surface area contributed by atoms with Crippen molar-refractivity contribution in [3.63, 3.8) is 0 Å². The fraction of sp³-hybridized carbons (Fsp3) is 0.500. The third-order valence-corrected chi connectivity index (χ3v) is 5.34. The van der Waals surface area contributed by atoms with Gasteiger partial charge in [0.15, 0.2) is 0 Å². The van der Waals surface area contributed by atoms with E-state index in [1.165, 1.54) is 12.8 Å². The van der Waals surface area contributed by atoms with Crippen LogP contribution in [-0.2, 0) is 0 Å². The Balaban J connectivity index is 1.87. The molecule has 24 heavy (non-hydrogen) atoms. The number of rotatable bonds is 3. The summed E-state index contributed by atoms with van der Waals surface area (Å²) in [7, 11) is 0. The van der Waals surface area contributed by atoms with E-state index < -0.39 is 0 Å². The molecule has 0 unspecified atom stereocenters. The molecule has 2 fully saturated rings. The first-order valence-corrected chi connectivity index (χ1v) is 8.92. The molecule has 1 atom stereocenters. The third kappa shape index (κ3) is 2.59. The van der Waals surface area contributed by atoms with Gasteiger partial charge in [0, 0.05) is 23.5 Å². The van der Waals surface area contributed by atoms with Gasteiger partial charge in [-0.25, -0.2) is 0 Å². The molecule has 1 aromatic carbocycles. The molecule has 1 N–H and O–H groups in total. The van der Waals surface area contributed by atoms with Crippen molar-refractivity contribution in [3.05, 3.63) is 40.6 Å². The van der Waals surface area contributed by atoms with Gasteiger partial charge in [0.25, 0.3) is 5.91 Å². The van der Waals surface area contributed by atoms with Crippen LogP contribution in [0.4, 0.5) is 0 Å². The van der Waals surface area contributed by atoms with E-state index in [1.807, 2.05) is 11.0 Å². The van der Waals surface area contributed by atoms with E-state index in [0.29, 0.717) is 5.92 Å². The summed E-state index contributed by atoms with van der Waals surface area (Å²) in [4.78, 5) is 20.0. The zero-order chi connectivity index (χ0) is 16.8. The van der Waals surface area contributed by atoms with Crippen LogP contribution in [0, 0.1) is 13.8 Å². The number of hydrogen-bond acceptors (Lipinski definition) is 3. The average molecular weight is 324 g/mol. The number of nitrogens with zero attached hydrogens (tertiary/aromatic N) is 2. The van der Waals surface area contributed by atoms with Crippen LogP contribution < -0.4 is 0 Å². The van der Waals surface area contributed by atoms with E-state index in [9.17, 15) is 9.90 Å². The quantitative estimate of drug-likeness (QED) is 0.942. The Morgan fingerprint density at radius 2 is 2.04 bits per heavy atom. The van der Waals surface area contributed by atoms with Crippen molar-refractivity contribution >= 4 is 16.8 Å². The van der Waals surface area contributed by atoms with Crippen LogP contribution in [0.1, 0.15) is 58.8 Å². The smallest absolute Gasteiger partial charge is 0.254 e. The fourth-order valence-corrected chi connectivity index (χ4v) is 3.91. The predicted molar refractivity (Wildman–Crippen MR) is 94.3 cm³/mol. The van der Waals surface area contributed by atoms with Crippen molar-refractivity contribution in [1.29, 1.82) is 0 Å². The van der Waals surface area contributed by atoms with E-state index in [2.05, 4.69) is 26.0 Å². The van der Waals surface area contributed by atoms with Crippen molar-refractivity contribution < 1.29 is 9.90 Å². The minimum Gasteiger partial charge on any atom is -0.394 e. The molecule has 4 heteroatoms. The number of benzene rings is 1. The second-order valence-electron chi connectivity index (χ2n) is 7.32. The summed E-state index contributed by atoms with van der Waals surface area (Å²) in [5.74, 6) is 0.555. The van der Waals surface area contributed by atoms with E-state index in [-0.39, 0.29) is 18.6 Å². The Labute approximate surface area is 142 Å². The number of aryl methyl sites for hydroxylation is 2. The molecule has 4 nitrogen and oxygen atoms in total. The first-order chi connectivity index (χ1) is 11.6. The molecule has 0 spiro atoms. The van der Waals surface area contributed by atoms with Gasteiger partial charge >= 0.3 is 0 Å². The van der Waals surface area contributed by atoms with Gasteiger partial charge in [-0.2, -0.15) is 0 Å². The SMILES string of the molecule is Cc1cc(C)c2nc(C3CC3)cc(C(=O)N3CCC[C@@H]3CO)c2c1. The van der Waals surface area contributed by atoms with E-state index in [0.717, 1.165) is 52.7 Å². The molecule has 1 saturated heterocycles. The molecule has 0 radical (unpaired) electrons. The number of fused-ring (bicyclic) bond motifs is 1. The van der Waals surface area contributed by atoms with Crippen molar-refractivity contribution in [1.82, 2.24) is 9.88 Å². The Morgan fingerprint density at radius 1 is 1.25 bits per heavy atom. The van der Waals surface area contributed by atoms with E-state index >= 15 is 0 Å². The highest BCUT2D eigenvalue weighted by Gasteiger charge is 2.32. The van der Waals surface area contributed by atoms with Crippen molar-refractivity contribution in [2.75, 3.05) is 13.2 Å². The minimum absolute atomic E-state index is 0.0439. The zero-order valence-electron chi connectivity index (χ0n) is 14.4. The van der Waals surface area contributed by atoms with Crippen LogP contribution in [-0.4, -0.2) is 40.1 Å². The van der Waals surface area contributed by atoms with Gasteiger partial charge in [0.1, 0.15) is 0 Å². The van der Waals surface area contributed by atoms with Gasteiger partial charge in [0.05, 0.1) is 23.7 Å². The van der Waals surface area contributed by atoms with Gasteiger partial charge < -0.3 is 10.0 Å². The highest BCUT2D eigenvalue weighted by atomic mass is 16.3. The number of aromatic nitrogens is 1. The second kappa shape index (κ2) is 5.85. The van der Waals surface area contributed by atoms with E-state index in [4.69, 9.17) is 4.98 Å². The van der Waals surface area contributed by atoms with Gasteiger partial charge in [-0.15, -0.1) is 0 Å². The Kier molecular flexibility index (Phi) is 3.80. The largest absolute Gasteiger partial charge is 0.394 e.